The zero-order valence-corrected chi connectivity index (χ0v) is 9.69. The molecule has 1 aromatic rings. The molecule has 0 bridgehead atoms. The fourth-order valence-corrected chi connectivity index (χ4v) is 0.875. The molecule has 5 nitrogen and oxygen atoms in total. The molecule has 6 heteroatoms. The summed E-state index contributed by atoms with van der Waals surface area (Å²) in [5, 5.41) is 0. The molecule has 0 unspecified atom stereocenters. The van der Waals surface area contributed by atoms with Gasteiger partial charge in [-0.25, -0.2) is 0 Å². The number of nitrogens with zero attached hydrogens (tertiary/aromatic N) is 1. The minimum Gasteiger partial charge on any atom is -0.759 e. The highest BCUT2D eigenvalue weighted by Gasteiger charge is 2.08. The number of benzene rings is 1. The number of quaternary nitrogens is 1. The van der Waals surface area contributed by atoms with E-state index in [2.05, 4.69) is 45.4 Å². The molecule has 0 aliphatic heterocycles. The highest BCUT2D eigenvalue weighted by molar-refractivity contribution is 7.79. The monoisotopic (exact) mass is 233 g/mol. The first kappa shape index (κ1) is 14.1. The van der Waals surface area contributed by atoms with Crippen LogP contribution in [-0.4, -0.2) is 38.7 Å². The summed E-state index contributed by atoms with van der Waals surface area (Å²) in [7, 11) is 1.32. The summed E-state index contributed by atoms with van der Waals surface area (Å²) in [4.78, 5) is 0. The molecule has 0 aromatic heterocycles. The molecule has 15 heavy (non-hydrogen) atoms. The maximum atomic E-state index is 8.52. The van der Waals surface area contributed by atoms with Crippen LogP contribution in [0.15, 0.2) is 30.3 Å². The van der Waals surface area contributed by atoms with Crippen molar-refractivity contribution in [2.24, 2.45) is 0 Å². The molecule has 0 heterocycles. The smallest absolute Gasteiger partial charge is 0.759 e. The van der Waals surface area contributed by atoms with Crippen LogP contribution in [0.5, 0.6) is 0 Å². The van der Waals surface area contributed by atoms with Crippen molar-refractivity contribution < 1.29 is 18.9 Å². The van der Waals surface area contributed by atoms with Crippen molar-refractivity contribution in [1.29, 1.82) is 0 Å². The van der Waals surface area contributed by atoms with Gasteiger partial charge in [-0.3, -0.25) is 12.9 Å². The van der Waals surface area contributed by atoms with Gasteiger partial charge in [0, 0.05) is 10.4 Å². The normalized spacial score (nSPS) is 11.5. The summed E-state index contributed by atoms with van der Waals surface area (Å²) >= 11 is 0. The fraction of sp³-hybridized carbons (Fsp3) is 0.333. The van der Waals surface area contributed by atoms with Crippen molar-refractivity contribution in [3.63, 3.8) is 0 Å². The van der Waals surface area contributed by atoms with Crippen molar-refractivity contribution in [3.8, 4) is 0 Å². The van der Waals surface area contributed by atoms with Gasteiger partial charge in [0.1, 0.15) is 5.69 Å². The molecule has 0 fully saturated rings. The van der Waals surface area contributed by atoms with Crippen LogP contribution in [0.4, 0.5) is 5.69 Å². The van der Waals surface area contributed by atoms with Gasteiger partial charge in [-0.05, 0) is 12.1 Å². The van der Waals surface area contributed by atoms with Crippen LogP contribution in [0.25, 0.3) is 0 Å². The van der Waals surface area contributed by atoms with Crippen LogP contribution >= 0.6 is 0 Å². The summed E-state index contributed by atoms with van der Waals surface area (Å²) in [6, 6.07) is 10.5. The first-order valence-electron chi connectivity index (χ1n) is 4.14. The zero-order valence-electron chi connectivity index (χ0n) is 9.88. The molecule has 0 aliphatic carbocycles. The maximum Gasteiger partial charge on any atom is 1.00 e. The third kappa shape index (κ3) is 9.36. The molecule has 0 atom stereocenters. The van der Waals surface area contributed by atoms with Gasteiger partial charge in [-0.1, -0.05) is 18.2 Å². The van der Waals surface area contributed by atoms with E-state index in [0.29, 0.717) is 0 Å². The highest BCUT2D eigenvalue weighted by Crippen LogP contribution is 2.14. The molecular formula is C9H15NO4S. The summed E-state index contributed by atoms with van der Waals surface area (Å²) in [5.41, 5.74) is 1.34. The van der Waals surface area contributed by atoms with Crippen LogP contribution in [0.1, 0.15) is 1.43 Å². The Kier molecular flexibility index (Phi) is 4.89. The van der Waals surface area contributed by atoms with Crippen molar-refractivity contribution in [2.75, 3.05) is 21.1 Å². The average Bonchev–Trinajstić information content (AvgIpc) is 2.01. The van der Waals surface area contributed by atoms with E-state index < -0.39 is 10.4 Å². The number of para-hydroxylation sites is 1. The Morgan fingerprint density at radius 1 is 1.07 bits per heavy atom. The molecule has 1 aromatic carbocycles. The molecule has 0 spiro atoms. The second-order valence-corrected chi connectivity index (χ2v) is 4.57. The van der Waals surface area contributed by atoms with E-state index in [1.54, 1.807) is 0 Å². The molecule has 0 radical (unpaired) electrons. The molecule has 0 saturated carbocycles. The van der Waals surface area contributed by atoms with E-state index in [9.17, 15) is 0 Å². The first-order chi connectivity index (χ1) is 6.61. The number of hydrogen-bond donors (Lipinski definition) is 0. The Morgan fingerprint density at radius 2 is 1.40 bits per heavy atom. The van der Waals surface area contributed by atoms with Gasteiger partial charge < -0.3 is 9.11 Å². The minimum absolute atomic E-state index is 0. The summed E-state index contributed by atoms with van der Waals surface area (Å²) in [5.74, 6) is 0. The van der Waals surface area contributed by atoms with Crippen LogP contribution < -0.4 is 4.48 Å². The van der Waals surface area contributed by atoms with Gasteiger partial charge in [-0.2, -0.15) is 0 Å². The van der Waals surface area contributed by atoms with Gasteiger partial charge in [0.05, 0.1) is 21.1 Å². The molecule has 1 rings (SSSR count). The van der Waals surface area contributed by atoms with Crippen LogP contribution in [0.3, 0.4) is 0 Å². The zero-order chi connectivity index (χ0) is 12.1. The topological polar surface area (TPSA) is 80.3 Å². The molecule has 0 aliphatic rings. The Labute approximate surface area is 91.6 Å². The van der Waals surface area contributed by atoms with Crippen LogP contribution in [-0.2, 0) is 10.4 Å². The number of hydrogen-bond acceptors (Lipinski definition) is 4. The Bertz CT molecular complexity index is 378. The summed E-state index contributed by atoms with van der Waals surface area (Å²) in [6.07, 6.45) is 0. The van der Waals surface area contributed by atoms with E-state index in [4.69, 9.17) is 17.5 Å². The molecule has 0 saturated heterocycles. The van der Waals surface area contributed by atoms with E-state index in [-0.39, 0.29) is 1.43 Å². The van der Waals surface area contributed by atoms with Gasteiger partial charge in [0.25, 0.3) is 0 Å². The second kappa shape index (κ2) is 5.22. The third-order valence-corrected chi connectivity index (χ3v) is 1.53. The lowest BCUT2D eigenvalue weighted by Gasteiger charge is -2.22. The summed E-state index contributed by atoms with van der Waals surface area (Å²) < 4.78 is 35.0. The highest BCUT2D eigenvalue weighted by atomic mass is 32.3. The standard InChI is InChI=1S/C9H14N.H2O4S/c1-10(2,3)9-7-5-4-6-8-9;1-5(2,3)4/h4-8H,1-3H3;(H2,1,2,3,4)/q+1;/p-1. The Balaban J connectivity index is 0. The molecule has 0 amide bonds. The lowest BCUT2D eigenvalue weighted by molar-refractivity contribution is 0.352. The van der Waals surface area contributed by atoms with Gasteiger partial charge in [0.15, 0.2) is 0 Å². The van der Waals surface area contributed by atoms with Crippen molar-refractivity contribution in [1.82, 2.24) is 4.48 Å². The van der Waals surface area contributed by atoms with Crippen molar-refractivity contribution in [3.05, 3.63) is 30.3 Å². The quantitative estimate of drug-likeness (QED) is 0.405. The summed E-state index contributed by atoms with van der Waals surface area (Å²) in [6.45, 7) is 0. The first-order valence-corrected chi connectivity index (χ1v) is 5.48. The minimum atomic E-state index is -5.17. The third-order valence-electron chi connectivity index (χ3n) is 1.53. The fourth-order valence-electron chi connectivity index (χ4n) is 0.875. The lowest BCUT2D eigenvalue weighted by atomic mass is 10.3. The van der Waals surface area contributed by atoms with Crippen LogP contribution in [0, 0.1) is 0 Å². The Hall–Kier alpha value is -0.950. The Morgan fingerprint density at radius 3 is 1.60 bits per heavy atom. The maximum absolute atomic E-state index is 8.52. The molecule has 86 valence electrons. The van der Waals surface area contributed by atoms with Crippen molar-refractivity contribution >= 4 is 16.1 Å². The second-order valence-electron chi connectivity index (χ2n) is 3.76. The lowest BCUT2D eigenvalue weighted by Crippen LogP contribution is -2.34. The van der Waals surface area contributed by atoms with E-state index in [1.165, 1.54) is 5.69 Å². The van der Waals surface area contributed by atoms with E-state index >= 15 is 0 Å². The molecular weight excluding hydrogens is 218 g/mol. The number of rotatable bonds is 1. The van der Waals surface area contributed by atoms with Gasteiger partial charge in [-0.15, -0.1) is 0 Å². The van der Waals surface area contributed by atoms with Crippen molar-refractivity contribution in [2.45, 2.75) is 0 Å². The van der Waals surface area contributed by atoms with Crippen LogP contribution in [0.2, 0.25) is 0 Å². The van der Waals surface area contributed by atoms with Gasteiger partial charge in [0.2, 0.25) is 0 Å². The predicted molar refractivity (Wildman–Crippen MR) is 57.6 cm³/mol. The predicted octanol–water partition coefficient (Wildman–Crippen LogP) is 0.658. The largest absolute Gasteiger partial charge is 1.00 e. The van der Waals surface area contributed by atoms with E-state index in [1.807, 2.05) is 6.07 Å². The SMILES string of the molecule is C[N+](C)(C)c1ccccc1.O=S(=O)([O-])[O-].[H+]. The molecule has 0 N–H and O–H groups in total. The van der Waals surface area contributed by atoms with Gasteiger partial charge >= 0.3 is 1.43 Å². The average molecular weight is 233 g/mol. The van der Waals surface area contributed by atoms with E-state index in [0.717, 1.165) is 4.48 Å².